The van der Waals surface area contributed by atoms with E-state index in [0.717, 1.165) is 17.3 Å². The summed E-state index contributed by atoms with van der Waals surface area (Å²) in [6.45, 7) is 0. The lowest BCUT2D eigenvalue weighted by atomic mass is 9.93. The van der Waals surface area contributed by atoms with Crippen molar-refractivity contribution in [2.75, 3.05) is 0 Å². The van der Waals surface area contributed by atoms with E-state index < -0.39 is 12.1 Å². The van der Waals surface area contributed by atoms with Crippen molar-refractivity contribution in [3.63, 3.8) is 0 Å². The number of hydrogen-bond acceptors (Lipinski definition) is 4. The van der Waals surface area contributed by atoms with Crippen molar-refractivity contribution in [1.82, 2.24) is 0 Å². The molecule has 1 aromatic rings. The molecular formula is C14H13BrO4. The first-order valence-electron chi connectivity index (χ1n) is 6.28. The third kappa shape index (κ3) is 2.52. The molecule has 1 aromatic carbocycles. The van der Waals surface area contributed by atoms with E-state index in [1.807, 2.05) is 24.3 Å². The second kappa shape index (κ2) is 4.96. The van der Waals surface area contributed by atoms with Gasteiger partial charge in [-0.2, -0.15) is 0 Å². The molecule has 2 aliphatic heterocycles. The molecular weight excluding hydrogens is 312 g/mol. The molecule has 0 amide bonds. The zero-order valence-corrected chi connectivity index (χ0v) is 11.8. The monoisotopic (exact) mass is 324 g/mol. The lowest BCUT2D eigenvalue weighted by Crippen LogP contribution is -2.21. The van der Waals surface area contributed by atoms with Crippen LogP contribution in [0, 0.1) is 5.92 Å². The van der Waals surface area contributed by atoms with Crippen molar-refractivity contribution in [3.05, 3.63) is 34.3 Å². The number of cyclic esters (lactones) is 1. The van der Waals surface area contributed by atoms with Gasteiger partial charge in [-0.3, -0.25) is 4.79 Å². The van der Waals surface area contributed by atoms with Gasteiger partial charge < -0.3 is 9.47 Å². The molecule has 19 heavy (non-hydrogen) atoms. The van der Waals surface area contributed by atoms with Gasteiger partial charge in [-0.25, -0.2) is 4.79 Å². The topological polar surface area (TPSA) is 52.6 Å². The second-order valence-corrected chi connectivity index (χ2v) is 5.84. The van der Waals surface area contributed by atoms with E-state index in [-0.39, 0.29) is 18.0 Å². The number of esters is 2. The maximum Gasteiger partial charge on any atom is 0.348 e. The van der Waals surface area contributed by atoms with Gasteiger partial charge in [0.05, 0.1) is 12.3 Å². The molecule has 100 valence electrons. The molecule has 2 saturated heterocycles. The predicted molar refractivity (Wildman–Crippen MR) is 70.3 cm³/mol. The molecule has 0 aromatic heterocycles. The van der Waals surface area contributed by atoms with Crippen molar-refractivity contribution in [2.24, 2.45) is 5.92 Å². The van der Waals surface area contributed by atoms with Crippen LogP contribution in [0.1, 0.15) is 18.4 Å². The Morgan fingerprint density at radius 3 is 2.89 bits per heavy atom. The van der Waals surface area contributed by atoms with E-state index in [1.54, 1.807) is 0 Å². The van der Waals surface area contributed by atoms with Gasteiger partial charge in [0.15, 0.2) is 0 Å². The van der Waals surface area contributed by atoms with Crippen molar-refractivity contribution >= 4 is 27.9 Å². The van der Waals surface area contributed by atoms with Gasteiger partial charge >= 0.3 is 11.9 Å². The Bertz CT molecular complexity index is 528. The minimum atomic E-state index is -0.667. The number of ether oxygens (including phenoxy) is 2. The highest BCUT2D eigenvalue weighted by molar-refractivity contribution is 9.10. The van der Waals surface area contributed by atoms with Crippen molar-refractivity contribution in [2.45, 2.75) is 31.5 Å². The maximum absolute atomic E-state index is 11.6. The third-order valence-corrected chi connectivity index (χ3v) is 4.13. The van der Waals surface area contributed by atoms with Crippen LogP contribution in [0.5, 0.6) is 0 Å². The summed E-state index contributed by atoms with van der Waals surface area (Å²) in [6.07, 6.45) is 0.955. The Balaban J connectivity index is 1.64. The number of benzene rings is 1. The van der Waals surface area contributed by atoms with E-state index in [9.17, 15) is 9.59 Å². The van der Waals surface area contributed by atoms with E-state index in [1.165, 1.54) is 5.56 Å². The molecule has 0 saturated carbocycles. The summed E-state index contributed by atoms with van der Waals surface area (Å²) in [6, 6.07) is 8.03. The Morgan fingerprint density at radius 2 is 2.11 bits per heavy atom. The fourth-order valence-corrected chi connectivity index (χ4v) is 3.15. The van der Waals surface area contributed by atoms with Crippen molar-refractivity contribution in [3.8, 4) is 0 Å². The number of carbonyl (C=O) groups excluding carboxylic acids is 2. The van der Waals surface area contributed by atoms with E-state index >= 15 is 0 Å². The smallest absolute Gasteiger partial charge is 0.348 e. The molecule has 0 aliphatic carbocycles. The summed E-state index contributed by atoms with van der Waals surface area (Å²) in [5.41, 5.74) is 1.18. The summed E-state index contributed by atoms with van der Waals surface area (Å²) >= 11 is 3.43. The minimum absolute atomic E-state index is 0.104. The van der Waals surface area contributed by atoms with E-state index in [4.69, 9.17) is 9.47 Å². The Labute approximate surface area is 119 Å². The van der Waals surface area contributed by atoms with Crippen LogP contribution in [0.4, 0.5) is 0 Å². The Hall–Kier alpha value is -1.36. The second-order valence-electron chi connectivity index (χ2n) is 4.92. The highest BCUT2D eigenvalue weighted by Crippen LogP contribution is 2.36. The van der Waals surface area contributed by atoms with Gasteiger partial charge in [0.1, 0.15) is 6.10 Å². The fraction of sp³-hybridized carbons (Fsp3) is 0.429. The van der Waals surface area contributed by atoms with E-state index in [0.29, 0.717) is 6.42 Å². The largest absolute Gasteiger partial charge is 0.459 e. The highest BCUT2D eigenvalue weighted by atomic mass is 79.9. The third-order valence-electron chi connectivity index (χ3n) is 3.63. The summed E-state index contributed by atoms with van der Waals surface area (Å²) in [5.74, 6) is -0.790. The van der Waals surface area contributed by atoms with E-state index in [2.05, 4.69) is 15.9 Å². The van der Waals surface area contributed by atoms with Crippen LogP contribution in [0.2, 0.25) is 0 Å². The first-order valence-corrected chi connectivity index (χ1v) is 7.07. The van der Waals surface area contributed by atoms with Gasteiger partial charge in [-0.15, -0.1) is 0 Å². The number of fused-ring (bicyclic) bond motifs is 1. The number of halogens is 1. The minimum Gasteiger partial charge on any atom is -0.459 e. The van der Waals surface area contributed by atoms with Crippen LogP contribution in [-0.4, -0.2) is 24.1 Å². The zero-order valence-electron chi connectivity index (χ0n) is 10.2. The molecule has 2 fully saturated rings. The van der Waals surface area contributed by atoms with Crippen LogP contribution < -0.4 is 0 Å². The van der Waals surface area contributed by atoms with Crippen molar-refractivity contribution < 1.29 is 19.1 Å². The Morgan fingerprint density at radius 1 is 1.26 bits per heavy atom. The zero-order chi connectivity index (χ0) is 13.4. The standard InChI is InChI=1S/C14H13BrO4/c15-9-3-1-2-8(6-9)4-5-11-10-7-12(16)19-13(10)14(17)18-11/h1-3,6,10-11,13H,4-5,7H2/t10-,11-,13-/m0/s1. The summed E-state index contributed by atoms with van der Waals surface area (Å²) in [5, 5.41) is 0. The van der Waals surface area contributed by atoms with Gasteiger partial charge in [-0.05, 0) is 30.5 Å². The van der Waals surface area contributed by atoms with Gasteiger partial charge in [0.2, 0.25) is 6.10 Å². The lowest BCUT2D eigenvalue weighted by Gasteiger charge is -2.13. The summed E-state index contributed by atoms with van der Waals surface area (Å²) in [7, 11) is 0. The van der Waals surface area contributed by atoms with Crippen LogP contribution in [0.3, 0.4) is 0 Å². The molecule has 0 N–H and O–H groups in total. The van der Waals surface area contributed by atoms with Gasteiger partial charge in [-0.1, -0.05) is 28.1 Å². The molecule has 4 nitrogen and oxygen atoms in total. The number of hydrogen-bond donors (Lipinski definition) is 0. The van der Waals surface area contributed by atoms with Crippen molar-refractivity contribution in [1.29, 1.82) is 0 Å². The first-order chi connectivity index (χ1) is 9.13. The highest BCUT2D eigenvalue weighted by Gasteiger charge is 2.52. The molecule has 0 unspecified atom stereocenters. The number of rotatable bonds is 3. The molecule has 0 spiro atoms. The molecule has 2 heterocycles. The number of carbonyl (C=O) groups is 2. The van der Waals surface area contributed by atoms with Gasteiger partial charge in [0.25, 0.3) is 0 Å². The molecule has 3 rings (SSSR count). The lowest BCUT2D eigenvalue weighted by molar-refractivity contribution is -0.158. The molecule has 2 aliphatic rings. The van der Waals surface area contributed by atoms with Crippen LogP contribution in [-0.2, 0) is 25.5 Å². The quantitative estimate of drug-likeness (QED) is 0.800. The van der Waals surface area contributed by atoms with Crippen LogP contribution >= 0.6 is 15.9 Å². The first kappa shape index (κ1) is 12.7. The molecule has 3 atom stereocenters. The normalized spacial score (nSPS) is 29.0. The average Bonchev–Trinajstić information content (AvgIpc) is 2.87. The molecule has 0 bridgehead atoms. The molecule has 0 radical (unpaired) electrons. The maximum atomic E-state index is 11.6. The Kier molecular flexibility index (Phi) is 3.31. The number of aryl methyl sites for hydroxylation is 1. The average molecular weight is 325 g/mol. The predicted octanol–water partition coefficient (Wildman–Crippen LogP) is 2.24. The fourth-order valence-electron chi connectivity index (χ4n) is 2.70. The molecule has 5 heteroatoms. The summed E-state index contributed by atoms with van der Waals surface area (Å²) < 4.78 is 11.3. The van der Waals surface area contributed by atoms with Gasteiger partial charge in [0, 0.05) is 4.47 Å². The van der Waals surface area contributed by atoms with Crippen LogP contribution in [0.15, 0.2) is 28.7 Å². The summed E-state index contributed by atoms with van der Waals surface area (Å²) in [4.78, 5) is 22.8. The SMILES string of the molecule is O=C1C[C@H]2[C@H](CCc3cccc(Br)c3)OC(=O)[C@H]2O1. The van der Waals surface area contributed by atoms with Crippen LogP contribution in [0.25, 0.3) is 0 Å².